The van der Waals surface area contributed by atoms with Crippen molar-refractivity contribution in [3.8, 4) is 11.5 Å². The van der Waals surface area contributed by atoms with E-state index < -0.39 is 0 Å². The largest absolute Gasteiger partial charge is 0.420 e. The van der Waals surface area contributed by atoms with Gasteiger partial charge >= 0.3 is 0 Å². The molecule has 1 aliphatic rings. The van der Waals surface area contributed by atoms with E-state index in [2.05, 4.69) is 20.5 Å². The number of halogens is 2. The number of carbonyl (C=O) groups is 1. The molecule has 1 N–H and O–H groups in total. The average molecular weight is 445 g/mol. The van der Waals surface area contributed by atoms with Crippen molar-refractivity contribution in [2.24, 2.45) is 5.92 Å². The maximum Gasteiger partial charge on any atom is 0.251 e. The minimum absolute atomic E-state index is 0.135. The second-order valence-corrected chi connectivity index (χ2v) is 8.50. The summed E-state index contributed by atoms with van der Waals surface area (Å²) in [4.78, 5) is 16.6. The monoisotopic (exact) mass is 444 g/mol. The number of nitrogens with one attached hydrogen (secondary N) is 1. The van der Waals surface area contributed by atoms with Gasteiger partial charge in [0.05, 0.1) is 15.6 Å². The van der Waals surface area contributed by atoms with Gasteiger partial charge in [-0.2, -0.15) is 0 Å². The summed E-state index contributed by atoms with van der Waals surface area (Å²) in [5, 5.41) is 12.3. The van der Waals surface area contributed by atoms with E-state index in [0.717, 1.165) is 36.9 Å². The third-order valence-electron chi connectivity index (χ3n) is 5.53. The van der Waals surface area contributed by atoms with Crippen LogP contribution in [0.5, 0.6) is 0 Å². The van der Waals surface area contributed by atoms with Crippen molar-refractivity contribution in [2.45, 2.75) is 38.5 Å². The molecule has 8 heteroatoms. The number of amides is 1. The Morgan fingerprint density at radius 3 is 2.60 bits per heavy atom. The zero-order valence-corrected chi connectivity index (χ0v) is 18.1. The van der Waals surface area contributed by atoms with Crippen LogP contribution in [0.15, 0.2) is 40.9 Å². The van der Waals surface area contributed by atoms with Gasteiger partial charge in [-0.3, -0.25) is 9.78 Å². The smallest absolute Gasteiger partial charge is 0.251 e. The molecule has 1 saturated carbocycles. The molecule has 6 nitrogen and oxygen atoms in total. The SMILES string of the molecule is Cc1ccc(-c2nnc(C3CCC(CNC(=O)c4ccc(Cl)c(Cl)c4)CC3)o2)cn1. The molecule has 0 saturated heterocycles. The highest BCUT2D eigenvalue weighted by atomic mass is 35.5. The third kappa shape index (κ3) is 4.82. The van der Waals surface area contributed by atoms with Gasteiger partial charge in [-0.05, 0) is 68.9 Å². The molecule has 1 aliphatic carbocycles. The molecule has 156 valence electrons. The first-order valence-corrected chi connectivity index (χ1v) is 10.7. The van der Waals surface area contributed by atoms with Gasteiger partial charge in [-0.25, -0.2) is 0 Å². The van der Waals surface area contributed by atoms with Gasteiger partial charge in [0.2, 0.25) is 11.8 Å². The lowest BCUT2D eigenvalue weighted by molar-refractivity contribution is 0.0942. The Morgan fingerprint density at radius 2 is 1.90 bits per heavy atom. The number of hydrogen-bond donors (Lipinski definition) is 1. The molecule has 1 fully saturated rings. The summed E-state index contributed by atoms with van der Waals surface area (Å²) in [5.74, 6) is 1.74. The summed E-state index contributed by atoms with van der Waals surface area (Å²) in [6.45, 7) is 2.57. The van der Waals surface area contributed by atoms with Crippen LogP contribution in [0.25, 0.3) is 11.5 Å². The normalized spacial score (nSPS) is 18.9. The number of rotatable bonds is 5. The summed E-state index contributed by atoms with van der Waals surface area (Å²) in [5.41, 5.74) is 2.29. The van der Waals surface area contributed by atoms with E-state index in [9.17, 15) is 4.79 Å². The summed E-state index contributed by atoms with van der Waals surface area (Å²) in [7, 11) is 0. The molecular formula is C22H22Cl2N4O2. The third-order valence-corrected chi connectivity index (χ3v) is 6.27. The van der Waals surface area contributed by atoms with Crippen molar-refractivity contribution in [3.63, 3.8) is 0 Å². The van der Waals surface area contributed by atoms with Gasteiger partial charge in [0.1, 0.15) is 0 Å². The number of nitrogens with zero attached hydrogens (tertiary/aromatic N) is 3. The molecule has 0 radical (unpaired) electrons. The Labute approximate surface area is 185 Å². The quantitative estimate of drug-likeness (QED) is 0.565. The minimum atomic E-state index is -0.135. The Kier molecular flexibility index (Phi) is 6.35. The lowest BCUT2D eigenvalue weighted by atomic mass is 9.82. The number of aromatic nitrogens is 3. The van der Waals surface area contributed by atoms with Crippen molar-refractivity contribution in [1.82, 2.24) is 20.5 Å². The number of carbonyl (C=O) groups excluding carboxylic acids is 1. The topological polar surface area (TPSA) is 80.9 Å². The van der Waals surface area contributed by atoms with Crippen LogP contribution in [-0.4, -0.2) is 27.6 Å². The fourth-order valence-electron chi connectivity index (χ4n) is 3.70. The zero-order chi connectivity index (χ0) is 21.1. The minimum Gasteiger partial charge on any atom is -0.420 e. The van der Waals surface area contributed by atoms with E-state index in [1.807, 2.05) is 19.1 Å². The van der Waals surface area contributed by atoms with Gasteiger partial charge in [-0.15, -0.1) is 10.2 Å². The van der Waals surface area contributed by atoms with Crippen LogP contribution < -0.4 is 5.32 Å². The highest BCUT2D eigenvalue weighted by molar-refractivity contribution is 6.42. The van der Waals surface area contributed by atoms with E-state index in [-0.39, 0.29) is 11.8 Å². The predicted octanol–water partition coefficient (Wildman–Crippen LogP) is 5.45. The van der Waals surface area contributed by atoms with E-state index in [1.165, 1.54) is 0 Å². The van der Waals surface area contributed by atoms with Crippen molar-refractivity contribution in [2.75, 3.05) is 6.54 Å². The maximum absolute atomic E-state index is 12.3. The number of hydrogen-bond acceptors (Lipinski definition) is 5. The van der Waals surface area contributed by atoms with Gasteiger partial charge in [0.25, 0.3) is 5.91 Å². The number of pyridine rings is 1. The van der Waals surface area contributed by atoms with Crippen LogP contribution in [0.4, 0.5) is 0 Å². The van der Waals surface area contributed by atoms with Gasteiger partial charge < -0.3 is 9.73 Å². The zero-order valence-electron chi connectivity index (χ0n) is 16.6. The summed E-state index contributed by atoms with van der Waals surface area (Å²) >= 11 is 11.9. The molecule has 0 bridgehead atoms. The van der Waals surface area contributed by atoms with Crippen molar-refractivity contribution < 1.29 is 9.21 Å². The molecule has 3 aromatic rings. The summed E-state index contributed by atoms with van der Waals surface area (Å²) < 4.78 is 5.91. The van der Waals surface area contributed by atoms with Crippen LogP contribution in [0.2, 0.25) is 10.0 Å². The Hall–Kier alpha value is -2.44. The molecule has 4 rings (SSSR count). The van der Waals surface area contributed by atoms with E-state index in [0.29, 0.717) is 39.9 Å². The molecule has 0 atom stereocenters. The first-order chi connectivity index (χ1) is 14.5. The molecule has 30 heavy (non-hydrogen) atoms. The first-order valence-electron chi connectivity index (χ1n) is 9.99. The highest BCUT2D eigenvalue weighted by Crippen LogP contribution is 2.35. The second-order valence-electron chi connectivity index (χ2n) is 7.69. The standard InChI is InChI=1S/C22H22Cl2N4O2/c1-13-2-5-17(12-25-13)22-28-27-21(30-22)15-6-3-14(4-7-15)11-26-20(29)16-8-9-18(23)19(24)10-16/h2,5,8-10,12,14-15H,3-4,6-7,11H2,1H3,(H,26,29). The van der Waals surface area contributed by atoms with Crippen molar-refractivity contribution >= 4 is 29.1 Å². The first kappa shape index (κ1) is 20.8. The second kappa shape index (κ2) is 9.14. The molecule has 0 spiro atoms. The lowest BCUT2D eigenvalue weighted by Crippen LogP contribution is -2.31. The predicted molar refractivity (Wildman–Crippen MR) is 116 cm³/mol. The average Bonchev–Trinajstić information content (AvgIpc) is 3.25. The molecule has 2 heterocycles. The number of aryl methyl sites for hydroxylation is 1. The molecule has 2 aromatic heterocycles. The molecule has 0 aliphatic heterocycles. The molecule has 1 aromatic carbocycles. The van der Waals surface area contributed by atoms with Gasteiger partial charge in [0, 0.05) is 29.9 Å². The van der Waals surface area contributed by atoms with E-state index in [1.54, 1.807) is 24.4 Å². The lowest BCUT2D eigenvalue weighted by Gasteiger charge is -2.26. The van der Waals surface area contributed by atoms with Crippen LogP contribution >= 0.6 is 23.2 Å². The van der Waals surface area contributed by atoms with Crippen molar-refractivity contribution in [3.05, 3.63) is 63.7 Å². The molecular weight excluding hydrogens is 423 g/mol. The van der Waals surface area contributed by atoms with E-state index in [4.69, 9.17) is 27.6 Å². The van der Waals surface area contributed by atoms with Crippen molar-refractivity contribution in [1.29, 1.82) is 0 Å². The van der Waals surface area contributed by atoms with Crippen LogP contribution in [0.1, 0.15) is 53.5 Å². The maximum atomic E-state index is 12.3. The van der Waals surface area contributed by atoms with Gasteiger partial charge in [-0.1, -0.05) is 23.2 Å². The van der Waals surface area contributed by atoms with Crippen LogP contribution in [0, 0.1) is 12.8 Å². The van der Waals surface area contributed by atoms with Crippen LogP contribution in [-0.2, 0) is 0 Å². The Balaban J connectivity index is 1.28. The number of benzene rings is 1. The summed E-state index contributed by atoms with van der Waals surface area (Å²) in [6.07, 6.45) is 5.66. The highest BCUT2D eigenvalue weighted by Gasteiger charge is 2.27. The molecule has 1 amide bonds. The molecule has 0 unspecified atom stereocenters. The fourth-order valence-corrected chi connectivity index (χ4v) is 4.00. The Morgan fingerprint density at radius 1 is 1.10 bits per heavy atom. The van der Waals surface area contributed by atoms with E-state index >= 15 is 0 Å². The van der Waals surface area contributed by atoms with Crippen LogP contribution in [0.3, 0.4) is 0 Å². The Bertz CT molecular complexity index is 1030. The van der Waals surface area contributed by atoms with Gasteiger partial charge in [0.15, 0.2) is 0 Å². The fraction of sp³-hybridized carbons (Fsp3) is 0.364. The summed E-state index contributed by atoms with van der Waals surface area (Å²) in [6, 6.07) is 8.77.